The maximum atomic E-state index is 4.49. The van der Waals surface area contributed by atoms with Crippen molar-refractivity contribution in [3.05, 3.63) is 35.8 Å². The SMILES string of the molecule is CCc1cn2cc(C(C)C)ccc2n1. The number of nitrogens with zero attached hydrogens (tertiary/aromatic N) is 2. The highest BCUT2D eigenvalue weighted by atomic mass is 15.0. The summed E-state index contributed by atoms with van der Waals surface area (Å²) in [6, 6.07) is 4.25. The first-order valence-corrected chi connectivity index (χ1v) is 5.18. The molecule has 0 spiro atoms. The third-order valence-electron chi connectivity index (χ3n) is 2.55. The number of rotatable bonds is 2. The second kappa shape index (κ2) is 3.45. The zero-order valence-electron chi connectivity index (χ0n) is 8.99. The van der Waals surface area contributed by atoms with E-state index in [1.54, 1.807) is 0 Å². The van der Waals surface area contributed by atoms with Crippen LogP contribution in [-0.4, -0.2) is 9.38 Å². The summed E-state index contributed by atoms with van der Waals surface area (Å²) in [5.41, 5.74) is 3.56. The van der Waals surface area contributed by atoms with Gasteiger partial charge in [0.05, 0.1) is 5.69 Å². The van der Waals surface area contributed by atoms with Crippen LogP contribution in [0.1, 0.15) is 37.9 Å². The number of aromatic nitrogens is 2. The van der Waals surface area contributed by atoms with E-state index in [1.165, 1.54) is 5.56 Å². The van der Waals surface area contributed by atoms with Crippen LogP contribution in [0.4, 0.5) is 0 Å². The number of hydrogen-bond donors (Lipinski definition) is 0. The molecule has 2 nitrogen and oxygen atoms in total. The van der Waals surface area contributed by atoms with Crippen LogP contribution in [0.3, 0.4) is 0 Å². The molecule has 0 aromatic carbocycles. The zero-order valence-corrected chi connectivity index (χ0v) is 8.99. The minimum atomic E-state index is 0.576. The molecule has 0 atom stereocenters. The van der Waals surface area contributed by atoms with Crippen molar-refractivity contribution in [3.8, 4) is 0 Å². The molecule has 74 valence electrons. The van der Waals surface area contributed by atoms with Crippen LogP contribution in [0.25, 0.3) is 5.65 Å². The topological polar surface area (TPSA) is 17.3 Å². The molecule has 0 aliphatic rings. The van der Waals surface area contributed by atoms with Gasteiger partial charge in [-0.25, -0.2) is 4.98 Å². The predicted octanol–water partition coefficient (Wildman–Crippen LogP) is 3.02. The highest BCUT2D eigenvalue weighted by molar-refractivity contribution is 5.41. The van der Waals surface area contributed by atoms with Crippen molar-refractivity contribution in [2.45, 2.75) is 33.1 Å². The van der Waals surface area contributed by atoms with E-state index in [0.717, 1.165) is 17.8 Å². The van der Waals surface area contributed by atoms with Gasteiger partial charge >= 0.3 is 0 Å². The lowest BCUT2D eigenvalue weighted by molar-refractivity contribution is 0.853. The Kier molecular flexibility index (Phi) is 2.28. The van der Waals surface area contributed by atoms with E-state index >= 15 is 0 Å². The van der Waals surface area contributed by atoms with Gasteiger partial charge in [0.15, 0.2) is 0 Å². The van der Waals surface area contributed by atoms with Crippen molar-refractivity contribution < 1.29 is 0 Å². The van der Waals surface area contributed by atoms with Gasteiger partial charge in [0.25, 0.3) is 0 Å². The smallest absolute Gasteiger partial charge is 0.136 e. The number of pyridine rings is 1. The van der Waals surface area contributed by atoms with Gasteiger partial charge < -0.3 is 4.40 Å². The summed E-state index contributed by atoms with van der Waals surface area (Å²) in [6.45, 7) is 6.54. The molecule has 0 bridgehead atoms. The fourth-order valence-electron chi connectivity index (χ4n) is 1.57. The second-order valence-electron chi connectivity index (χ2n) is 3.97. The van der Waals surface area contributed by atoms with Crippen molar-refractivity contribution in [3.63, 3.8) is 0 Å². The van der Waals surface area contributed by atoms with E-state index in [2.05, 4.69) is 54.7 Å². The molecule has 2 aromatic heterocycles. The first-order valence-electron chi connectivity index (χ1n) is 5.18. The minimum Gasteiger partial charge on any atom is -0.307 e. The Balaban J connectivity index is 2.54. The van der Waals surface area contributed by atoms with Crippen LogP contribution in [0.15, 0.2) is 24.5 Å². The van der Waals surface area contributed by atoms with Crippen LogP contribution < -0.4 is 0 Å². The van der Waals surface area contributed by atoms with E-state index < -0.39 is 0 Å². The molecule has 2 aromatic rings. The average Bonchev–Trinajstić information content (AvgIpc) is 2.58. The van der Waals surface area contributed by atoms with Crippen molar-refractivity contribution >= 4 is 5.65 Å². The maximum Gasteiger partial charge on any atom is 0.136 e. The third kappa shape index (κ3) is 1.52. The number of aryl methyl sites for hydroxylation is 1. The Morgan fingerprint density at radius 1 is 1.29 bits per heavy atom. The molecular weight excluding hydrogens is 172 g/mol. The number of imidazole rings is 1. The largest absolute Gasteiger partial charge is 0.307 e. The van der Waals surface area contributed by atoms with Gasteiger partial charge in [-0.05, 0) is 24.0 Å². The summed E-state index contributed by atoms with van der Waals surface area (Å²) >= 11 is 0. The highest BCUT2D eigenvalue weighted by Gasteiger charge is 2.02. The molecule has 0 amide bonds. The normalized spacial score (nSPS) is 11.4. The Morgan fingerprint density at radius 3 is 2.71 bits per heavy atom. The van der Waals surface area contributed by atoms with E-state index in [-0.39, 0.29) is 0 Å². The molecule has 0 radical (unpaired) electrons. The molecule has 2 heterocycles. The fourth-order valence-corrected chi connectivity index (χ4v) is 1.57. The standard InChI is InChI=1S/C12H16N2/c1-4-11-8-14-7-10(9(2)3)5-6-12(14)13-11/h5-9H,4H2,1-3H3. The summed E-state index contributed by atoms with van der Waals surface area (Å²) in [5, 5.41) is 0. The summed E-state index contributed by atoms with van der Waals surface area (Å²) in [5.74, 6) is 0.576. The second-order valence-corrected chi connectivity index (χ2v) is 3.97. The molecular formula is C12H16N2. The summed E-state index contributed by atoms with van der Waals surface area (Å²) in [6.07, 6.45) is 5.28. The number of fused-ring (bicyclic) bond motifs is 1. The Hall–Kier alpha value is -1.31. The van der Waals surface area contributed by atoms with E-state index in [4.69, 9.17) is 0 Å². The van der Waals surface area contributed by atoms with Gasteiger partial charge in [-0.1, -0.05) is 26.8 Å². The van der Waals surface area contributed by atoms with Crippen LogP contribution in [0.5, 0.6) is 0 Å². The fraction of sp³-hybridized carbons (Fsp3) is 0.417. The Morgan fingerprint density at radius 2 is 2.07 bits per heavy atom. The minimum absolute atomic E-state index is 0.576. The van der Waals surface area contributed by atoms with Crippen molar-refractivity contribution in [2.75, 3.05) is 0 Å². The van der Waals surface area contributed by atoms with E-state index in [9.17, 15) is 0 Å². The van der Waals surface area contributed by atoms with E-state index in [0.29, 0.717) is 5.92 Å². The van der Waals surface area contributed by atoms with Gasteiger partial charge in [-0.15, -0.1) is 0 Å². The molecule has 0 aliphatic carbocycles. The van der Waals surface area contributed by atoms with Crippen molar-refractivity contribution in [1.82, 2.24) is 9.38 Å². The first kappa shape index (κ1) is 9.25. The molecule has 2 rings (SSSR count). The lowest BCUT2D eigenvalue weighted by Gasteiger charge is -2.04. The third-order valence-corrected chi connectivity index (χ3v) is 2.55. The van der Waals surface area contributed by atoms with Crippen LogP contribution in [-0.2, 0) is 6.42 Å². The van der Waals surface area contributed by atoms with Crippen LogP contribution in [0.2, 0.25) is 0 Å². The van der Waals surface area contributed by atoms with Crippen molar-refractivity contribution in [1.29, 1.82) is 0 Å². The van der Waals surface area contributed by atoms with E-state index in [1.807, 2.05) is 0 Å². The molecule has 0 aliphatic heterocycles. The van der Waals surface area contributed by atoms with Gasteiger partial charge in [0.2, 0.25) is 0 Å². The quantitative estimate of drug-likeness (QED) is 0.708. The summed E-state index contributed by atoms with van der Waals surface area (Å²) in [4.78, 5) is 4.49. The Bertz CT molecular complexity index is 441. The molecule has 2 heteroatoms. The molecule has 14 heavy (non-hydrogen) atoms. The van der Waals surface area contributed by atoms with Crippen LogP contribution >= 0.6 is 0 Å². The number of hydrogen-bond acceptors (Lipinski definition) is 1. The first-order chi connectivity index (χ1) is 6.70. The van der Waals surface area contributed by atoms with Gasteiger partial charge in [0, 0.05) is 12.4 Å². The van der Waals surface area contributed by atoms with Gasteiger partial charge in [-0.2, -0.15) is 0 Å². The molecule has 0 saturated carbocycles. The summed E-state index contributed by atoms with van der Waals surface area (Å²) in [7, 11) is 0. The molecule has 0 N–H and O–H groups in total. The van der Waals surface area contributed by atoms with Gasteiger partial charge in [-0.3, -0.25) is 0 Å². The lowest BCUT2D eigenvalue weighted by atomic mass is 10.1. The average molecular weight is 188 g/mol. The Labute approximate surface area is 84.6 Å². The monoisotopic (exact) mass is 188 g/mol. The maximum absolute atomic E-state index is 4.49. The van der Waals surface area contributed by atoms with Crippen molar-refractivity contribution in [2.24, 2.45) is 0 Å². The molecule has 0 saturated heterocycles. The zero-order chi connectivity index (χ0) is 10.1. The lowest BCUT2D eigenvalue weighted by Crippen LogP contribution is -1.91. The molecule has 0 unspecified atom stereocenters. The summed E-state index contributed by atoms with van der Waals surface area (Å²) < 4.78 is 2.12. The highest BCUT2D eigenvalue weighted by Crippen LogP contribution is 2.15. The van der Waals surface area contributed by atoms with Crippen LogP contribution in [0, 0.1) is 0 Å². The molecule has 0 fully saturated rings. The van der Waals surface area contributed by atoms with Gasteiger partial charge in [0.1, 0.15) is 5.65 Å². The predicted molar refractivity (Wildman–Crippen MR) is 58.7 cm³/mol.